The minimum atomic E-state index is -0.0346. The Hall–Kier alpha value is -1.75. The normalized spacial score (nSPS) is 23.2. The minimum Gasteiger partial charge on any atom is -0.497 e. The Balaban J connectivity index is 2.21. The fourth-order valence-corrected chi connectivity index (χ4v) is 2.39. The van der Waals surface area contributed by atoms with Crippen LogP contribution in [0.15, 0.2) is 18.2 Å². The van der Waals surface area contributed by atoms with E-state index in [2.05, 4.69) is 0 Å². The van der Waals surface area contributed by atoms with E-state index in [1.54, 1.807) is 30.2 Å². The molecule has 1 aliphatic rings. The Bertz CT molecular complexity index is 466. The van der Waals surface area contributed by atoms with E-state index in [0.29, 0.717) is 30.1 Å². The van der Waals surface area contributed by atoms with E-state index in [0.717, 1.165) is 0 Å². The molecule has 1 amide bonds. The summed E-state index contributed by atoms with van der Waals surface area (Å²) >= 11 is 0. The number of nitrogens with zero attached hydrogens (tertiary/aromatic N) is 1. The van der Waals surface area contributed by atoms with Gasteiger partial charge in [-0.1, -0.05) is 0 Å². The highest BCUT2D eigenvalue weighted by Crippen LogP contribution is 2.21. The van der Waals surface area contributed by atoms with Crippen LogP contribution in [-0.4, -0.2) is 43.2 Å². The zero-order chi connectivity index (χ0) is 14.0. The first-order chi connectivity index (χ1) is 8.99. The monoisotopic (exact) mass is 264 g/mol. The van der Waals surface area contributed by atoms with E-state index >= 15 is 0 Å². The van der Waals surface area contributed by atoms with Gasteiger partial charge in [-0.15, -0.1) is 0 Å². The number of amides is 1. The Morgan fingerprint density at radius 3 is 2.53 bits per heavy atom. The van der Waals surface area contributed by atoms with Crippen LogP contribution >= 0.6 is 0 Å². The fourth-order valence-electron chi connectivity index (χ4n) is 2.39. The fraction of sp³-hybridized carbons (Fsp3) is 0.500. The van der Waals surface area contributed by atoms with Gasteiger partial charge in [0.1, 0.15) is 5.75 Å². The maximum absolute atomic E-state index is 12.5. The van der Waals surface area contributed by atoms with E-state index in [1.165, 1.54) is 0 Å². The molecule has 5 nitrogen and oxygen atoms in total. The summed E-state index contributed by atoms with van der Waals surface area (Å²) in [6, 6.07) is 5.08. The van der Waals surface area contributed by atoms with Crippen molar-refractivity contribution in [3.63, 3.8) is 0 Å². The standard InChI is InChI=1S/C14H20N2O3/c1-9-7-16(8-10(2)19-9)14(17)11-4-12(15)6-13(5-11)18-3/h4-6,9-10H,7-8,15H2,1-3H3. The molecule has 0 radical (unpaired) electrons. The van der Waals surface area contributed by atoms with Crippen molar-refractivity contribution in [2.45, 2.75) is 26.1 Å². The first-order valence-electron chi connectivity index (χ1n) is 6.39. The quantitative estimate of drug-likeness (QED) is 0.823. The molecule has 104 valence electrons. The molecule has 0 saturated carbocycles. The molecule has 1 saturated heterocycles. The Kier molecular flexibility index (Phi) is 3.95. The molecule has 2 N–H and O–H groups in total. The molecule has 2 rings (SSSR count). The predicted molar refractivity (Wildman–Crippen MR) is 73.3 cm³/mol. The smallest absolute Gasteiger partial charge is 0.254 e. The molecule has 5 heteroatoms. The van der Waals surface area contributed by atoms with E-state index < -0.39 is 0 Å². The summed E-state index contributed by atoms with van der Waals surface area (Å²) in [5.74, 6) is 0.560. The van der Waals surface area contributed by atoms with Gasteiger partial charge in [-0.2, -0.15) is 0 Å². The van der Waals surface area contributed by atoms with Crippen molar-refractivity contribution in [3.05, 3.63) is 23.8 Å². The van der Waals surface area contributed by atoms with Crippen LogP contribution in [0.4, 0.5) is 5.69 Å². The number of ether oxygens (including phenoxy) is 2. The number of nitrogens with two attached hydrogens (primary N) is 1. The molecule has 2 unspecified atom stereocenters. The van der Waals surface area contributed by atoms with Gasteiger partial charge in [0.15, 0.2) is 0 Å². The van der Waals surface area contributed by atoms with Crippen molar-refractivity contribution in [2.24, 2.45) is 0 Å². The van der Waals surface area contributed by atoms with Gasteiger partial charge in [-0.05, 0) is 26.0 Å². The van der Waals surface area contributed by atoms with Gasteiger partial charge in [0.2, 0.25) is 0 Å². The van der Waals surface area contributed by atoms with Crippen molar-refractivity contribution >= 4 is 11.6 Å². The van der Waals surface area contributed by atoms with Crippen LogP contribution in [0.1, 0.15) is 24.2 Å². The van der Waals surface area contributed by atoms with Crippen molar-refractivity contribution in [1.82, 2.24) is 4.90 Å². The Labute approximate surface area is 113 Å². The number of carbonyl (C=O) groups excluding carboxylic acids is 1. The van der Waals surface area contributed by atoms with Gasteiger partial charge in [0.05, 0.1) is 19.3 Å². The molecular weight excluding hydrogens is 244 g/mol. The highest BCUT2D eigenvalue weighted by Gasteiger charge is 2.26. The SMILES string of the molecule is COc1cc(N)cc(C(=O)N2CC(C)OC(C)C2)c1. The number of hydrogen-bond donors (Lipinski definition) is 1. The zero-order valence-electron chi connectivity index (χ0n) is 11.6. The number of hydrogen-bond acceptors (Lipinski definition) is 4. The van der Waals surface area contributed by atoms with Crippen LogP contribution in [0.3, 0.4) is 0 Å². The zero-order valence-corrected chi connectivity index (χ0v) is 11.6. The van der Waals surface area contributed by atoms with E-state index in [1.807, 2.05) is 13.8 Å². The summed E-state index contributed by atoms with van der Waals surface area (Å²) in [4.78, 5) is 14.3. The molecule has 1 aliphatic heterocycles. The van der Waals surface area contributed by atoms with Gasteiger partial charge in [0.25, 0.3) is 5.91 Å². The average molecular weight is 264 g/mol. The second kappa shape index (κ2) is 5.48. The van der Waals surface area contributed by atoms with Crippen LogP contribution in [0.2, 0.25) is 0 Å². The van der Waals surface area contributed by atoms with E-state index in [-0.39, 0.29) is 18.1 Å². The second-order valence-electron chi connectivity index (χ2n) is 4.96. The molecule has 0 aromatic heterocycles. The number of methoxy groups -OCH3 is 1. The van der Waals surface area contributed by atoms with Crippen LogP contribution in [0.25, 0.3) is 0 Å². The van der Waals surface area contributed by atoms with Gasteiger partial charge < -0.3 is 20.1 Å². The van der Waals surface area contributed by atoms with Crippen molar-refractivity contribution in [2.75, 3.05) is 25.9 Å². The Morgan fingerprint density at radius 2 is 1.95 bits per heavy atom. The van der Waals surface area contributed by atoms with Crippen LogP contribution in [0.5, 0.6) is 5.75 Å². The number of carbonyl (C=O) groups is 1. The number of benzene rings is 1. The third-order valence-corrected chi connectivity index (χ3v) is 3.12. The topological polar surface area (TPSA) is 64.8 Å². The van der Waals surface area contributed by atoms with Gasteiger partial charge in [-0.3, -0.25) is 4.79 Å². The van der Waals surface area contributed by atoms with Crippen molar-refractivity contribution < 1.29 is 14.3 Å². The lowest BCUT2D eigenvalue weighted by Crippen LogP contribution is -2.48. The lowest BCUT2D eigenvalue weighted by atomic mass is 10.1. The molecule has 0 aliphatic carbocycles. The molecule has 19 heavy (non-hydrogen) atoms. The molecule has 2 atom stereocenters. The lowest BCUT2D eigenvalue weighted by molar-refractivity contribution is -0.0586. The molecule has 1 aromatic carbocycles. The molecule has 1 heterocycles. The predicted octanol–water partition coefficient (Wildman–Crippen LogP) is 1.53. The third kappa shape index (κ3) is 3.17. The van der Waals surface area contributed by atoms with Crippen molar-refractivity contribution in [1.29, 1.82) is 0 Å². The summed E-state index contributed by atoms with van der Waals surface area (Å²) in [6.45, 7) is 5.13. The largest absolute Gasteiger partial charge is 0.497 e. The van der Waals surface area contributed by atoms with Crippen LogP contribution < -0.4 is 10.5 Å². The number of rotatable bonds is 2. The number of anilines is 1. The summed E-state index contributed by atoms with van der Waals surface area (Å²) < 4.78 is 10.8. The number of morpholine rings is 1. The summed E-state index contributed by atoms with van der Waals surface area (Å²) in [5.41, 5.74) is 6.86. The molecule has 0 bridgehead atoms. The third-order valence-electron chi connectivity index (χ3n) is 3.12. The lowest BCUT2D eigenvalue weighted by Gasteiger charge is -2.35. The summed E-state index contributed by atoms with van der Waals surface area (Å²) in [5, 5.41) is 0. The van der Waals surface area contributed by atoms with Crippen molar-refractivity contribution in [3.8, 4) is 5.75 Å². The number of nitrogen functional groups attached to an aromatic ring is 1. The van der Waals surface area contributed by atoms with Crippen LogP contribution in [0, 0.1) is 0 Å². The first kappa shape index (κ1) is 13.7. The summed E-state index contributed by atoms with van der Waals surface area (Å²) in [7, 11) is 1.56. The maximum atomic E-state index is 12.5. The minimum absolute atomic E-state index is 0.0346. The highest BCUT2D eigenvalue weighted by molar-refractivity contribution is 5.95. The first-order valence-corrected chi connectivity index (χ1v) is 6.39. The van der Waals surface area contributed by atoms with Crippen LogP contribution in [-0.2, 0) is 4.74 Å². The average Bonchev–Trinajstić information content (AvgIpc) is 2.35. The molecule has 1 fully saturated rings. The molecule has 0 spiro atoms. The summed E-state index contributed by atoms with van der Waals surface area (Å²) in [6.07, 6.45) is 0.103. The van der Waals surface area contributed by atoms with Gasteiger partial charge in [0, 0.05) is 30.4 Å². The van der Waals surface area contributed by atoms with E-state index in [4.69, 9.17) is 15.2 Å². The maximum Gasteiger partial charge on any atom is 0.254 e. The highest BCUT2D eigenvalue weighted by atomic mass is 16.5. The van der Waals surface area contributed by atoms with E-state index in [9.17, 15) is 4.79 Å². The second-order valence-corrected chi connectivity index (χ2v) is 4.96. The van der Waals surface area contributed by atoms with Gasteiger partial charge >= 0.3 is 0 Å². The van der Waals surface area contributed by atoms with Gasteiger partial charge in [-0.25, -0.2) is 0 Å². The Morgan fingerprint density at radius 1 is 1.32 bits per heavy atom. The molecular formula is C14H20N2O3. The molecule has 1 aromatic rings.